The average molecular weight is 613 g/mol. The van der Waals surface area contributed by atoms with Crippen LogP contribution in [0.1, 0.15) is 0 Å². The molecule has 0 atom stereocenters. The SMILES string of the molecule is [CH3-].[CH3-].[CH3-].[CH3-].[Cl-].[Cl-].[Si][Si][Si].[Zr].c1cc[cH-]c1.c1ccc2c(-c3cccc4[cH-]ccc34)cccc2c1. The van der Waals surface area contributed by atoms with Gasteiger partial charge in [0.2, 0.25) is 0 Å². The van der Waals surface area contributed by atoms with Crippen LogP contribution in [0.25, 0.3) is 32.7 Å². The monoisotopic (exact) mass is 610 g/mol. The maximum Gasteiger partial charge on any atom is 0 e. The largest absolute Gasteiger partial charge is 1.00 e. The van der Waals surface area contributed by atoms with E-state index in [-0.39, 0.29) is 80.7 Å². The summed E-state index contributed by atoms with van der Waals surface area (Å²) in [6.45, 7) is 0. The first-order valence-electron chi connectivity index (χ1n) is 8.73. The van der Waals surface area contributed by atoms with Crippen LogP contribution in [0.15, 0.2) is 109 Å². The van der Waals surface area contributed by atoms with Gasteiger partial charge in [0.05, 0.1) is 0 Å². The van der Waals surface area contributed by atoms with Gasteiger partial charge in [0.25, 0.3) is 0 Å². The zero-order valence-corrected chi connectivity index (χ0v) is 27.1. The molecule has 5 aromatic carbocycles. The number of hydrogen-bond donors (Lipinski definition) is 0. The van der Waals surface area contributed by atoms with Crippen molar-refractivity contribution < 1.29 is 51.0 Å². The molecule has 0 aliphatic heterocycles. The quantitative estimate of drug-likeness (QED) is 0.199. The van der Waals surface area contributed by atoms with Gasteiger partial charge in [0, 0.05) is 54.3 Å². The van der Waals surface area contributed by atoms with Gasteiger partial charge in [0.15, 0.2) is 0 Å². The minimum absolute atomic E-state index is 0. The fraction of sp³-hybridized carbons (Fsp3) is 0. The van der Waals surface area contributed by atoms with Gasteiger partial charge in [-0.15, -0.1) is 29.0 Å². The molecule has 0 aliphatic carbocycles. The molecule has 180 valence electrons. The molecule has 0 amide bonds. The van der Waals surface area contributed by atoms with Crippen molar-refractivity contribution in [1.82, 2.24) is 0 Å². The van der Waals surface area contributed by atoms with Crippen molar-refractivity contribution in [3.8, 4) is 11.1 Å². The molecule has 0 heterocycles. The minimum Gasteiger partial charge on any atom is -1.00 e. The maximum absolute atomic E-state index is 3.12. The summed E-state index contributed by atoms with van der Waals surface area (Å²) in [6, 6.07) is 38.1. The summed E-state index contributed by atoms with van der Waals surface area (Å²) in [5, 5.41) is 5.26. The number of halogens is 2. The Balaban J connectivity index is -0.000000165. The third-order valence-electron chi connectivity index (χ3n) is 4.31. The van der Waals surface area contributed by atoms with Crippen LogP contribution in [0, 0.1) is 29.7 Å². The maximum atomic E-state index is 3.12. The first-order valence-corrected chi connectivity index (χ1v) is 12.7. The van der Waals surface area contributed by atoms with E-state index in [1.807, 2.05) is 30.3 Å². The summed E-state index contributed by atoms with van der Waals surface area (Å²) in [6.07, 6.45) is 0. The fourth-order valence-corrected chi connectivity index (χ4v) is 3.18. The van der Waals surface area contributed by atoms with E-state index in [2.05, 4.69) is 98.4 Å². The van der Waals surface area contributed by atoms with Crippen LogP contribution in [0.4, 0.5) is 0 Å². The minimum atomic E-state index is 0. The summed E-state index contributed by atoms with van der Waals surface area (Å²) in [4.78, 5) is 0. The van der Waals surface area contributed by atoms with Gasteiger partial charge >= 0.3 is 0 Å². The topological polar surface area (TPSA) is 0 Å². The van der Waals surface area contributed by atoms with Crippen LogP contribution < -0.4 is 24.8 Å². The van der Waals surface area contributed by atoms with Crippen molar-refractivity contribution in [2.45, 2.75) is 0 Å². The molecule has 0 unspecified atom stereocenters. The average Bonchev–Trinajstić information content (AvgIpc) is 3.42. The molecule has 34 heavy (non-hydrogen) atoms. The zero-order valence-electron chi connectivity index (χ0n) is 20.1. The molecule has 0 nitrogen and oxygen atoms in total. The third kappa shape index (κ3) is 11.6. The smallest absolute Gasteiger partial charge is 0 e. The van der Waals surface area contributed by atoms with Crippen LogP contribution in [0.5, 0.6) is 0 Å². The standard InChI is InChI=1S/C19H13.C5H5.4CH3.2ClH.Si3.Zr/c1-2-10-16-14(6-1)8-4-12-18(16)19-13-5-9-15-7-3-11-17(15)19;1-2-4-5-3-1;;;;;;;1-3-2;/h1-13H;1-5H;4*1H3;2*1H;;/q6*-1;;;;/p-2. The number of hydrogen-bond acceptors (Lipinski definition) is 0. The van der Waals surface area contributed by atoms with E-state index in [4.69, 9.17) is 0 Å². The van der Waals surface area contributed by atoms with E-state index in [1.54, 1.807) is 0 Å². The van der Waals surface area contributed by atoms with Crippen molar-refractivity contribution in [2.75, 3.05) is 0 Å². The van der Waals surface area contributed by atoms with Crippen LogP contribution in [-0.2, 0) is 26.2 Å². The van der Waals surface area contributed by atoms with Gasteiger partial charge < -0.3 is 54.5 Å². The van der Waals surface area contributed by atoms with Crippen LogP contribution in [0.2, 0.25) is 0 Å². The van der Waals surface area contributed by atoms with E-state index < -0.39 is 0 Å². The molecular formula is C28H30Cl2Si3Zr-8. The molecule has 5 aromatic rings. The first-order chi connectivity index (χ1) is 13.3. The Kier molecular flexibility index (Phi) is 30.1. The molecule has 0 aromatic heterocycles. The zero-order chi connectivity index (χ0) is 18.9. The summed E-state index contributed by atoms with van der Waals surface area (Å²) in [7, 11) is 6.94. The Morgan fingerprint density at radius 3 is 1.62 bits per heavy atom. The van der Waals surface area contributed by atoms with Crippen molar-refractivity contribution in [1.29, 1.82) is 0 Å². The Labute approximate surface area is 248 Å². The van der Waals surface area contributed by atoms with Crippen LogP contribution in [-0.4, -0.2) is 28.1 Å². The fourth-order valence-electron chi connectivity index (χ4n) is 3.18. The summed E-state index contributed by atoms with van der Waals surface area (Å²) in [5.41, 5.74) is 2.63. The second-order valence-corrected chi connectivity index (χ2v) is 9.20. The van der Waals surface area contributed by atoms with Gasteiger partial charge in [-0.1, -0.05) is 54.1 Å². The third-order valence-corrected chi connectivity index (χ3v) is 4.31. The van der Waals surface area contributed by atoms with E-state index in [9.17, 15) is 0 Å². The van der Waals surface area contributed by atoms with E-state index >= 15 is 0 Å². The summed E-state index contributed by atoms with van der Waals surface area (Å²) in [5.74, 6) is 0. The Hall–Kier alpha value is -1.01. The van der Waals surface area contributed by atoms with E-state index in [0.29, 0.717) is 8.55 Å². The normalized spacial score (nSPS) is 7.94. The van der Waals surface area contributed by atoms with Gasteiger partial charge in [-0.3, -0.25) is 0 Å². The summed E-state index contributed by atoms with van der Waals surface area (Å²) < 4.78 is 0. The van der Waals surface area contributed by atoms with Crippen molar-refractivity contribution in [2.24, 2.45) is 0 Å². The van der Waals surface area contributed by atoms with Gasteiger partial charge in [-0.2, -0.15) is 30.3 Å². The molecular weight excluding hydrogens is 583 g/mol. The van der Waals surface area contributed by atoms with Gasteiger partial charge in [-0.05, 0) is 16.3 Å². The summed E-state index contributed by atoms with van der Waals surface area (Å²) >= 11 is 0. The Morgan fingerprint density at radius 2 is 1.06 bits per heavy atom. The van der Waals surface area contributed by atoms with Gasteiger partial charge in [0.1, 0.15) is 0 Å². The van der Waals surface area contributed by atoms with Gasteiger partial charge in [-0.25, -0.2) is 12.1 Å². The Bertz CT molecular complexity index is 1070. The molecule has 0 spiro atoms. The number of benzene rings is 3. The molecule has 5 rings (SSSR count). The second kappa shape index (κ2) is 23.7. The molecule has 0 fully saturated rings. The molecule has 0 bridgehead atoms. The molecule has 0 aliphatic rings. The molecule has 0 saturated carbocycles. The van der Waals surface area contributed by atoms with Crippen molar-refractivity contribution in [3.63, 3.8) is 0 Å². The molecule has 0 N–H and O–H groups in total. The molecule has 0 saturated heterocycles. The molecule has 8 radical (unpaired) electrons. The second-order valence-electron chi connectivity index (χ2n) is 5.95. The predicted octanol–water partition coefficient (Wildman–Crippen LogP) is 1.45. The van der Waals surface area contributed by atoms with E-state index in [0.717, 1.165) is 0 Å². The van der Waals surface area contributed by atoms with E-state index in [1.165, 1.54) is 32.7 Å². The first kappa shape index (κ1) is 43.1. The Morgan fingerprint density at radius 1 is 0.559 bits per heavy atom. The van der Waals surface area contributed by atoms with Crippen LogP contribution in [0.3, 0.4) is 0 Å². The van der Waals surface area contributed by atoms with Crippen LogP contribution >= 0.6 is 0 Å². The van der Waals surface area contributed by atoms with Crippen molar-refractivity contribution in [3.05, 3.63) is 139 Å². The molecule has 6 heteroatoms. The number of fused-ring (bicyclic) bond motifs is 2. The van der Waals surface area contributed by atoms with Crippen molar-refractivity contribution >= 4 is 49.6 Å². The number of rotatable bonds is 1. The predicted molar refractivity (Wildman–Crippen MR) is 147 cm³/mol.